The third-order valence-corrected chi connectivity index (χ3v) is 10.6. The Kier molecular flexibility index (Phi) is 7.71. The lowest BCUT2D eigenvalue weighted by molar-refractivity contribution is 0.0697. The maximum absolute atomic E-state index is 11.1. The predicted molar refractivity (Wildman–Crippen MR) is 120 cm³/mol. The number of halogens is 1. The fourth-order valence-corrected chi connectivity index (χ4v) is 3.94. The minimum atomic E-state index is -1.93. The number of hydrogen-bond acceptors (Lipinski definition) is 3. The van der Waals surface area contributed by atoms with Gasteiger partial charge < -0.3 is 14.1 Å². The lowest BCUT2D eigenvalue weighted by atomic mass is 10.1. The van der Waals surface area contributed by atoms with Crippen molar-refractivity contribution >= 4 is 25.9 Å². The number of carboxylic acids is 1. The smallest absolute Gasteiger partial charge is 0.335 e. The predicted octanol–water partition coefficient (Wildman–Crippen LogP) is 6.15. The van der Waals surface area contributed by atoms with Crippen LogP contribution in [0.3, 0.4) is 0 Å². The van der Waals surface area contributed by atoms with Crippen LogP contribution >= 0.6 is 11.6 Å². The molecular weight excluding hydrogens is 404 g/mol. The van der Waals surface area contributed by atoms with Gasteiger partial charge in [0.05, 0.1) is 17.9 Å². The van der Waals surface area contributed by atoms with Crippen LogP contribution in [0, 0.1) is 0 Å². The molecule has 0 aliphatic heterocycles. The number of aromatic carboxylic acids is 1. The zero-order valence-electron chi connectivity index (χ0n) is 18.4. The van der Waals surface area contributed by atoms with Crippen molar-refractivity contribution in [2.75, 3.05) is 0 Å². The van der Waals surface area contributed by atoms with E-state index >= 15 is 0 Å². The number of nitrogens with zero attached hydrogens (tertiary/aromatic N) is 2. The second-order valence-electron chi connectivity index (χ2n) is 9.01. The molecule has 2 aromatic rings. The van der Waals surface area contributed by atoms with E-state index in [1.165, 1.54) is 0 Å². The molecule has 0 aliphatic carbocycles. The Morgan fingerprint density at radius 1 is 1.24 bits per heavy atom. The average molecular weight is 437 g/mol. The third-order valence-electron chi connectivity index (χ3n) is 5.77. The molecular formula is C22H33ClN2O3Si. The van der Waals surface area contributed by atoms with Crippen molar-refractivity contribution in [3.63, 3.8) is 0 Å². The molecule has 1 aromatic carbocycles. The van der Waals surface area contributed by atoms with Gasteiger partial charge in [-0.3, -0.25) is 0 Å². The van der Waals surface area contributed by atoms with E-state index in [9.17, 15) is 4.79 Å². The van der Waals surface area contributed by atoms with Crippen LogP contribution in [0.5, 0.6) is 0 Å². The Morgan fingerprint density at radius 3 is 2.38 bits per heavy atom. The van der Waals surface area contributed by atoms with Gasteiger partial charge in [-0.1, -0.05) is 57.8 Å². The van der Waals surface area contributed by atoms with Crippen LogP contribution in [-0.2, 0) is 24.0 Å². The Morgan fingerprint density at radius 2 is 1.86 bits per heavy atom. The molecule has 7 heteroatoms. The fraction of sp³-hybridized carbons (Fsp3) is 0.545. The molecule has 1 aromatic heterocycles. The summed E-state index contributed by atoms with van der Waals surface area (Å²) in [7, 11) is -1.93. The highest BCUT2D eigenvalue weighted by atomic mass is 35.5. The lowest BCUT2D eigenvalue weighted by Crippen LogP contribution is -2.40. The number of carbonyl (C=O) groups is 1. The Hall–Kier alpha value is -1.63. The SMILES string of the molecule is CCCCc1nc(Cl)c(CO[Si](C)(C)C(C)(C)C)n1Cc1ccc(C(=O)O)cc1. The van der Waals surface area contributed by atoms with Gasteiger partial charge in [0.1, 0.15) is 5.82 Å². The van der Waals surface area contributed by atoms with Gasteiger partial charge in [0.25, 0.3) is 0 Å². The van der Waals surface area contributed by atoms with Crippen LogP contribution in [0.1, 0.15) is 68.0 Å². The molecule has 0 atom stereocenters. The number of benzene rings is 1. The van der Waals surface area contributed by atoms with Crippen molar-refractivity contribution in [3.8, 4) is 0 Å². The molecule has 0 amide bonds. The van der Waals surface area contributed by atoms with Crippen molar-refractivity contribution in [1.82, 2.24) is 9.55 Å². The van der Waals surface area contributed by atoms with E-state index in [-0.39, 0.29) is 10.6 Å². The maximum atomic E-state index is 11.1. The molecule has 2 rings (SSSR count). The van der Waals surface area contributed by atoms with Crippen LogP contribution < -0.4 is 0 Å². The molecule has 1 N–H and O–H groups in total. The molecule has 0 saturated heterocycles. The van der Waals surface area contributed by atoms with Crippen LogP contribution in [-0.4, -0.2) is 28.9 Å². The largest absolute Gasteiger partial charge is 0.478 e. The van der Waals surface area contributed by atoms with E-state index in [0.29, 0.717) is 18.3 Å². The average Bonchev–Trinajstić information content (AvgIpc) is 2.92. The molecule has 29 heavy (non-hydrogen) atoms. The summed E-state index contributed by atoms with van der Waals surface area (Å²) in [5.41, 5.74) is 2.19. The van der Waals surface area contributed by atoms with Gasteiger partial charge in [0.2, 0.25) is 0 Å². The van der Waals surface area contributed by atoms with Crippen molar-refractivity contribution in [2.24, 2.45) is 0 Å². The quantitative estimate of drug-likeness (QED) is 0.479. The van der Waals surface area contributed by atoms with E-state index in [1.807, 2.05) is 12.1 Å². The Labute approximate surface area is 180 Å². The third kappa shape index (κ3) is 5.93. The monoisotopic (exact) mass is 436 g/mol. The van der Waals surface area contributed by atoms with Gasteiger partial charge in [-0.2, -0.15) is 0 Å². The van der Waals surface area contributed by atoms with Gasteiger partial charge in [-0.25, -0.2) is 9.78 Å². The topological polar surface area (TPSA) is 64.4 Å². The molecule has 0 radical (unpaired) electrons. The second-order valence-corrected chi connectivity index (χ2v) is 14.2. The summed E-state index contributed by atoms with van der Waals surface area (Å²) in [6.07, 6.45) is 2.96. The second kappa shape index (κ2) is 9.45. The molecule has 0 unspecified atom stereocenters. The van der Waals surface area contributed by atoms with E-state index in [0.717, 1.165) is 36.3 Å². The summed E-state index contributed by atoms with van der Waals surface area (Å²) in [5.74, 6) is 0.0299. The van der Waals surface area contributed by atoms with E-state index in [4.69, 9.17) is 21.1 Å². The van der Waals surface area contributed by atoms with Crippen molar-refractivity contribution in [2.45, 2.75) is 78.2 Å². The lowest BCUT2D eigenvalue weighted by Gasteiger charge is -2.36. The minimum absolute atomic E-state index is 0.113. The van der Waals surface area contributed by atoms with Crippen molar-refractivity contribution in [1.29, 1.82) is 0 Å². The van der Waals surface area contributed by atoms with Crippen LogP contribution in [0.4, 0.5) is 0 Å². The number of aromatic nitrogens is 2. The van der Waals surface area contributed by atoms with Crippen LogP contribution in [0.2, 0.25) is 23.3 Å². The summed E-state index contributed by atoms with van der Waals surface area (Å²) < 4.78 is 8.56. The molecule has 0 fully saturated rings. The van der Waals surface area contributed by atoms with Gasteiger partial charge in [0.15, 0.2) is 13.5 Å². The molecule has 0 bridgehead atoms. The Balaban J connectivity index is 2.33. The summed E-state index contributed by atoms with van der Waals surface area (Å²) >= 11 is 6.53. The van der Waals surface area contributed by atoms with Gasteiger partial charge in [-0.15, -0.1) is 0 Å². The fourth-order valence-electron chi connectivity index (χ4n) is 2.76. The van der Waals surface area contributed by atoms with Gasteiger partial charge in [-0.05, 0) is 42.2 Å². The minimum Gasteiger partial charge on any atom is -0.478 e. The van der Waals surface area contributed by atoms with Gasteiger partial charge in [0, 0.05) is 13.0 Å². The zero-order chi connectivity index (χ0) is 21.8. The zero-order valence-corrected chi connectivity index (χ0v) is 20.1. The van der Waals surface area contributed by atoms with Crippen LogP contribution in [0.15, 0.2) is 24.3 Å². The number of aryl methyl sites for hydroxylation is 1. The number of rotatable bonds is 9. The van der Waals surface area contributed by atoms with Crippen molar-refractivity contribution < 1.29 is 14.3 Å². The molecule has 1 heterocycles. The molecule has 0 saturated carbocycles. The molecule has 5 nitrogen and oxygen atoms in total. The van der Waals surface area contributed by atoms with Gasteiger partial charge >= 0.3 is 5.97 Å². The number of imidazole rings is 1. The van der Waals surface area contributed by atoms with E-state index in [2.05, 4.69) is 50.3 Å². The number of unbranched alkanes of at least 4 members (excludes halogenated alkanes) is 1. The number of hydrogen-bond donors (Lipinski definition) is 1. The molecule has 0 spiro atoms. The van der Waals surface area contributed by atoms with E-state index < -0.39 is 14.3 Å². The van der Waals surface area contributed by atoms with Crippen molar-refractivity contribution in [3.05, 3.63) is 52.1 Å². The highest BCUT2D eigenvalue weighted by Crippen LogP contribution is 2.37. The summed E-state index contributed by atoms with van der Waals surface area (Å²) in [4.78, 5) is 15.7. The summed E-state index contributed by atoms with van der Waals surface area (Å²) in [6, 6.07) is 6.96. The highest BCUT2D eigenvalue weighted by Gasteiger charge is 2.37. The summed E-state index contributed by atoms with van der Waals surface area (Å²) in [5, 5.41) is 9.73. The van der Waals surface area contributed by atoms with Crippen LogP contribution in [0.25, 0.3) is 0 Å². The normalized spacial score (nSPS) is 12.4. The Bertz CT molecular complexity index is 839. The first-order chi connectivity index (χ1) is 13.5. The first-order valence-electron chi connectivity index (χ1n) is 10.2. The number of carboxylic acid groups (broad SMARTS) is 1. The first-order valence-corrected chi connectivity index (χ1v) is 13.4. The standard InChI is InChI=1S/C22H33ClN2O3Si/c1-7-8-9-19-24-20(23)18(15-28-29(5,6)22(2,3)4)25(19)14-16-10-12-17(13-11-16)21(26)27/h10-13H,7-9,14-15H2,1-6H3,(H,26,27). The molecule has 160 valence electrons. The summed E-state index contributed by atoms with van der Waals surface area (Å²) in [6.45, 7) is 14.3. The molecule has 0 aliphatic rings. The maximum Gasteiger partial charge on any atom is 0.335 e. The van der Waals surface area contributed by atoms with E-state index in [1.54, 1.807) is 12.1 Å². The first kappa shape index (κ1) is 23.6. The highest BCUT2D eigenvalue weighted by molar-refractivity contribution is 6.74.